The molecule has 0 amide bonds. The van der Waals surface area contributed by atoms with Gasteiger partial charge in [-0.05, 0) is 140 Å². The highest BCUT2D eigenvalue weighted by atomic mass is 16.3. The average Bonchev–Trinajstić information content (AvgIpc) is 3.42. The maximum atomic E-state index is 11.4. The maximum Gasteiger partial charge on any atom is 0.149 e. The van der Waals surface area contributed by atoms with Gasteiger partial charge in [-0.2, -0.15) is 0 Å². The van der Waals surface area contributed by atoms with Gasteiger partial charge in [0, 0.05) is 36.5 Å². The largest absolute Gasteiger partial charge is 0.507 e. The van der Waals surface area contributed by atoms with Crippen LogP contribution in [0, 0.1) is 6.85 Å². The number of imidazole rings is 1. The summed E-state index contributed by atoms with van der Waals surface area (Å²) in [6, 6.07) is 27.3. The van der Waals surface area contributed by atoms with Crippen LogP contribution in [0.3, 0.4) is 0 Å². The summed E-state index contributed by atoms with van der Waals surface area (Å²) in [5, 5.41) is 11.4. The minimum atomic E-state index is -3.84. The summed E-state index contributed by atoms with van der Waals surface area (Å²) in [7, 11) is 0. The summed E-state index contributed by atoms with van der Waals surface area (Å²) in [6.07, 6.45) is 1.38. The monoisotopic (exact) mass is 820 g/mol. The van der Waals surface area contributed by atoms with Crippen molar-refractivity contribution in [2.45, 2.75) is 98.5 Å². The van der Waals surface area contributed by atoms with Gasteiger partial charge in [-0.3, -0.25) is 9.55 Å². The van der Waals surface area contributed by atoms with E-state index in [4.69, 9.17) is 29.7 Å². The highest BCUT2D eigenvalue weighted by molar-refractivity contribution is 5.97. The fourth-order valence-corrected chi connectivity index (χ4v) is 7.45. The highest BCUT2D eigenvalue weighted by Crippen LogP contribution is 2.41. The lowest BCUT2D eigenvalue weighted by Crippen LogP contribution is -2.11. The van der Waals surface area contributed by atoms with Crippen LogP contribution in [-0.4, -0.2) is 19.6 Å². The molecule has 0 radical (unpaired) electrons. The molecule has 8 aromatic rings. The highest BCUT2D eigenvalue weighted by Gasteiger charge is 2.23. The Morgan fingerprint density at radius 2 is 1.31 bits per heavy atom. The van der Waals surface area contributed by atoms with E-state index in [0.717, 1.165) is 5.56 Å². The van der Waals surface area contributed by atoms with Gasteiger partial charge in [-0.15, -0.1) is 0 Å². The van der Waals surface area contributed by atoms with Crippen molar-refractivity contribution in [2.75, 3.05) is 0 Å². The van der Waals surface area contributed by atoms with Crippen molar-refractivity contribution < 1.29 is 29.8 Å². The van der Waals surface area contributed by atoms with E-state index in [1.807, 2.05) is 63.2 Å². The molecule has 61 heavy (non-hydrogen) atoms. The van der Waals surface area contributed by atoms with E-state index in [1.54, 1.807) is 80.8 Å². The van der Waals surface area contributed by atoms with Crippen molar-refractivity contribution in [1.82, 2.24) is 14.5 Å². The van der Waals surface area contributed by atoms with Crippen LogP contribution in [-0.2, 0) is 10.8 Å². The molecule has 1 N–H and O–H groups in total. The summed E-state index contributed by atoms with van der Waals surface area (Å²) < 4.78 is 156. The molecule has 0 spiro atoms. The number of hydrogen-bond donors (Lipinski definition) is 1. The molecular weight excluding hydrogens is 743 g/mol. The van der Waals surface area contributed by atoms with E-state index < -0.39 is 79.8 Å². The second-order valence-corrected chi connectivity index (χ2v) is 17.0. The number of aromatic hydroxyl groups is 1. The van der Waals surface area contributed by atoms with Crippen molar-refractivity contribution in [1.29, 1.82) is 0 Å². The molecule has 4 heteroatoms. The number of phenolic OH excluding ortho intramolecular Hbond substituents is 1. The molecule has 0 unspecified atom stereocenters. The summed E-state index contributed by atoms with van der Waals surface area (Å²) in [5.41, 5.74) is 0.997. The van der Waals surface area contributed by atoms with Gasteiger partial charge in [0.05, 0.1) is 33.5 Å². The SMILES string of the molecule is [2H]c1c([2H])c(C(C([2H])([2H])[2H])(C([2H])([2H])[2H])C([2H])([2H])[2H])c([2H])c([2H])c1-c1ccnc(-c2cc(-c3cccc4c3nc(-c3ccccc3O)n4-c3ccc(-c4cc(C([2H])(C)C)cc(C([2H])(C)C)c4)cc3C([2H])([2H])[2H])cc(C(C)(C)C)c2)c1. The molecule has 308 valence electrons. The number of fused-ring (bicyclic) bond motifs is 1. The third-order valence-electron chi connectivity index (χ3n) is 10.9. The van der Waals surface area contributed by atoms with E-state index in [0.29, 0.717) is 55.5 Å². The summed E-state index contributed by atoms with van der Waals surface area (Å²) in [4.78, 5) is 9.87. The minimum absolute atomic E-state index is 0.0286. The van der Waals surface area contributed by atoms with Crippen LogP contribution in [0.4, 0.5) is 0 Å². The normalized spacial score (nSPS) is 17.7. The molecule has 0 saturated heterocycles. The predicted molar refractivity (Wildman–Crippen MR) is 258 cm³/mol. The molecule has 0 saturated carbocycles. The van der Waals surface area contributed by atoms with Gasteiger partial charge in [0.2, 0.25) is 0 Å². The van der Waals surface area contributed by atoms with Crippen molar-refractivity contribution in [3.63, 3.8) is 0 Å². The van der Waals surface area contributed by atoms with Gasteiger partial charge in [0.25, 0.3) is 0 Å². The fourth-order valence-electron chi connectivity index (χ4n) is 7.45. The standard InChI is InChI=1S/C57H59N3O/c1-35(2)41-28-42(36(3)4)30-43(29-41)39-21-24-51(37(5)27-39)60-52-17-14-16-48(54(52)59-55(60)49-15-12-13-18-53(49)61)44-31-45(33-47(32-44)57(9,10)11)50-34-40(25-26-58-50)38-19-22-46(23-20-38)56(6,7)8/h12-36,61H,1-11H3/i5D3,6D3,7D3,8D3,19D,20D,22D,23D,35D,36D. The van der Waals surface area contributed by atoms with Crippen molar-refractivity contribution in [3.8, 4) is 67.5 Å². The molecule has 0 aliphatic rings. The molecule has 8 rings (SSSR count). The zero-order valence-corrected chi connectivity index (χ0v) is 35.3. The van der Waals surface area contributed by atoms with Crippen molar-refractivity contribution >= 4 is 11.0 Å². The zero-order chi connectivity index (χ0) is 58.7. The smallest absolute Gasteiger partial charge is 0.149 e. The number of benzene rings is 6. The average molecular weight is 820 g/mol. The molecule has 0 bridgehead atoms. The summed E-state index contributed by atoms with van der Waals surface area (Å²) >= 11 is 0. The number of phenols is 1. The Kier molecular flexibility index (Phi) is 6.51. The first-order valence-corrected chi connectivity index (χ1v) is 20.0. The van der Waals surface area contributed by atoms with Crippen LogP contribution in [0.15, 0.2) is 140 Å². The molecular formula is C57H59N3O. The number of aryl methyl sites for hydroxylation is 1. The number of hydrogen-bond acceptors (Lipinski definition) is 3. The Bertz CT molecular complexity index is 3600. The fraction of sp³-hybridized carbons (Fsp3) is 0.263. The summed E-state index contributed by atoms with van der Waals surface area (Å²) in [6.45, 7) is -1.17. The second kappa shape index (κ2) is 16.0. The first kappa shape index (κ1) is 24.9. The second-order valence-electron chi connectivity index (χ2n) is 17.0. The van der Waals surface area contributed by atoms with Crippen LogP contribution in [0.1, 0.15) is 133 Å². The molecule has 0 aliphatic carbocycles. The van der Waals surface area contributed by atoms with E-state index in [9.17, 15) is 5.11 Å². The molecule has 0 aliphatic heterocycles. The Hall–Kier alpha value is -6.26. The van der Waals surface area contributed by atoms with E-state index in [-0.39, 0.29) is 39.6 Å². The Morgan fingerprint density at radius 3 is 1.98 bits per heavy atom. The van der Waals surface area contributed by atoms with Gasteiger partial charge in [-0.25, -0.2) is 4.98 Å². The van der Waals surface area contributed by atoms with Crippen LogP contribution in [0.2, 0.25) is 0 Å². The molecule has 4 nitrogen and oxygen atoms in total. The minimum Gasteiger partial charge on any atom is -0.507 e. The van der Waals surface area contributed by atoms with Crippen LogP contribution in [0.5, 0.6) is 5.75 Å². The van der Waals surface area contributed by atoms with Crippen LogP contribution < -0.4 is 0 Å². The number of pyridine rings is 1. The van der Waals surface area contributed by atoms with Crippen LogP contribution >= 0.6 is 0 Å². The van der Waals surface area contributed by atoms with Crippen molar-refractivity contribution in [3.05, 3.63) is 167 Å². The lowest BCUT2D eigenvalue weighted by atomic mass is 9.83. The molecule has 2 heterocycles. The number of rotatable bonds is 8. The van der Waals surface area contributed by atoms with Crippen LogP contribution in [0.25, 0.3) is 72.7 Å². The number of para-hydroxylation sites is 2. The van der Waals surface area contributed by atoms with Gasteiger partial charge in [-0.1, -0.05) is 148 Å². The lowest BCUT2D eigenvalue weighted by Gasteiger charge is -2.22. The first-order chi connectivity index (χ1) is 36.2. The summed E-state index contributed by atoms with van der Waals surface area (Å²) in [5.74, 6) is -1.94. The Balaban J connectivity index is 1.35. The molecule has 0 atom stereocenters. The lowest BCUT2D eigenvalue weighted by molar-refractivity contribution is 0.477. The van der Waals surface area contributed by atoms with Gasteiger partial charge in [0.1, 0.15) is 11.6 Å². The maximum absolute atomic E-state index is 11.4. The third kappa shape index (κ3) is 8.29. The van der Waals surface area contributed by atoms with E-state index >= 15 is 0 Å². The molecule has 2 aromatic heterocycles. The first-order valence-electron chi connectivity index (χ1n) is 29.0. The zero-order valence-electron chi connectivity index (χ0n) is 53.3. The van der Waals surface area contributed by atoms with E-state index in [1.165, 1.54) is 24.4 Å². The van der Waals surface area contributed by atoms with Gasteiger partial charge < -0.3 is 5.11 Å². The molecule has 6 aromatic carbocycles. The third-order valence-corrected chi connectivity index (χ3v) is 10.9. The number of aromatic nitrogens is 3. The predicted octanol–water partition coefficient (Wildman–Crippen LogP) is 15.6. The molecule has 0 fully saturated rings. The topological polar surface area (TPSA) is 50.9 Å². The quantitative estimate of drug-likeness (QED) is 0.166. The Labute approximate surface area is 388 Å². The number of nitrogens with zero attached hydrogens (tertiary/aromatic N) is 3. The van der Waals surface area contributed by atoms with Gasteiger partial charge >= 0.3 is 0 Å². The Morgan fingerprint density at radius 1 is 0.623 bits per heavy atom. The van der Waals surface area contributed by atoms with Gasteiger partial charge in [0.15, 0.2) is 0 Å². The van der Waals surface area contributed by atoms with Crippen molar-refractivity contribution in [2.24, 2.45) is 0 Å². The van der Waals surface area contributed by atoms with E-state index in [2.05, 4.69) is 4.98 Å².